The van der Waals surface area contributed by atoms with Crippen LogP contribution in [-0.2, 0) is 16.1 Å². The summed E-state index contributed by atoms with van der Waals surface area (Å²) in [6.07, 6.45) is 0.110. The van der Waals surface area contributed by atoms with E-state index in [1.165, 1.54) is 5.56 Å². The highest BCUT2D eigenvalue weighted by Gasteiger charge is 2.21. The molecule has 1 aliphatic heterocycles. The van der Waals surface area contributed by atoms with Crippen molar-refractivity contribution in [1.82, 2.24) is 4.90 Å². The lowest BCUT2D eigenvalue weighted by atomic mass is 10.2. The number of ether oxygens (including phenoxy) is 2. The largest absolute Gasteiger partial charge is 0.376 e. The molecule has 1 unspecified atom stereocenters. The topological polar surface area (TPSA) is 21.7 Å². The first-order chi connectivity index (χ1) is 7.90. The maximum atomic E-state index is 5.87. The highest BCUT2D eigenvalue weighted by Crippen LogP contribution is 2.10. The molecule has 0 amide bonds. The Balaban J connectivity index is 1.84. The Hall–Kier alpha value is -0.900. The van der Waals surface area contributed by atoms with E-state index in [9.17, 15) is 0 Å². The van der Waals surface area contributed by atoms with Gasteiger partial charge in [-0.05, 0) is 12.1 Å². The van der Waals surface area contributed by atoms with Gasteiger partial charge in [0, 0.05) is 6.54 Å². The molecule has 0 radical (unpaired) electrons. The third-order valence-electron chi connectivity index (χ3n) is 2.88. The van der Waals surface area contributed by atoms with E-state index in [-0.39, 0.29) is 6.23 Å². The molecule has 1 aliphatic rings. The van der Waals surface area contributed by atoms with Crippen molar-refractivity contribution in [3.63, 3.8) is 0 Å². The van der Waals surface area contributed by atoms with Gasteiger partial charge in [0.1, 0.15) is 6.23 Å². The minimum absolute atomic E-state index is 0.110. The average molecular weight is 221 g/mol. The molecule has 0 N–H and O–H groups in total. The smallest absolute Gasteiger partial charge is 0.134 e. The average Bonchev–Trinajstić information content (AvgIpc) is 2.38. The molecule has 1 heterocycles. The summed E-state index contributed by atoms with van der Waals surface area (Å²) < 4.78 is 11.3. The SMILES string of the molecule is CCN1CCOCC1OCc1ccccc1. The molecule has 0 aromatic heterocycles. The van der Waals surface area contributed by atoms with Crippen LogP contribution in [0.4, 0.5) is 0 Å². The molecule has 2 rings (SSSR count). The third-order valence-corrected chi connectivity index (χ3v) is 2.88. The Morgan fingerprint density at radius 1 is 1.38 bits per heavy atom. The predicted octanol–water partition coefficient (Wildman–Crippen LogP) is 1.88. The highest BCUT2D eigenvalue weighted by atomic mass is 16.5. The number of rotatable bonds is 4. The van der Waals surface area contributed by atoms with E-state index in [0.717, 1.165) is 19.7 Å². The van der Waals surface area contributed by atoms with Crippen LogP contribution in [0.25, 0.3) is 0 Å². The van der Waals surface area contributed by atoms with E-state index in [1.54, 1.807) is 0 Å². The van der Waals surface area contributed by atoms with Crippen LogP contribution < -0.4 is 0 Å². The van der Waals surface area contributed by atoms with Crippen LogP contribution in [-0.4, -0.2) is 37.4 Å². The van der Waals surface area contributed by atoms with E-state index in [1.807, 2.05) is 18.2 Å². The summed E-state index contributed by atoms with van der Waals surface area (Å²) in [6, 6.07) is 10.3. The van der Waals surface area contributed by atoms with Crippen molar-refractivity contribution in [2.45, 2.75) is 19.8 Å². The fraction of sp³-hybridized carbons (Fsp3) is 0.538. The van der Waals surface area contributed by atoms with Gasteiger partial charge in [0.25, 0.3) is 0 Å². The molecule has 1 aromatic rings. The molecule has 0 saturated carbocycles. The van der Waals surface area contributed by atoms with Crippen molar-refractivity contribution in [3.8, 4) is 0 Å². The van der Waals surface area contributed by atoms with Gasteiger partial charge in [-0.3, -0.25) is 4.90 Å². The van der Waals surface area contributed by atoms with Gasteiger partial charge in [0.05, 0.1) is 19.8 Å². The summed E-state index contributed by atoms with van der Waals surface area (Å²) in [4.78, 5) is 2.31. The molecule has 88 valence electrons. The van der Waals surface area contributed by atoms with E-state index < -0.39 is 0 Å². The standard InChI is InChI=1S/C13H19NO2/c1-2-14-8-9-15-11-13(14)16-10-12-6-4-3-5-7-12/h3-7,13H,2,8-11H2,1H3. The van der Waals surface area contributed by atoms with Crippen LogP contribution in [0.1, 0.15) is 12.5 Å². The lowest BCUT2D eigenvalue weighted by molar-refractivity contribution is -0.143. The Morgan fingerprint density at radius 3 is 2.94 bits per heavy atom. The molecular weight excluding hydrogens is 202 g/mol. The third kappa shape index (κ3) is 3.04. The van der Waals surface area contributed by atoms with Gasteiger partial charge in [-0.15, -0.1) is 0 Å². The number of nitrogens with zero attached hydrogens (tertiary/aromatic N) is 1. The fourth-order valence-electron chi connectivity index (χ4n) is 1.90. The van der Waals surface area contributed by atoms with Crippen molar-refractivity contribution >= 4 is 0 Å². The van der Waals surface area contributed by atoms with Gasteiger partial charge in [0.2, 0.25) is 0 Å². The Bertz CT molecular complexity index is 302. The van der Waals surface area contributed by atoms with E-state index in [0.29, 0.717) is 13.2 Å². The number of morpholine rings is 1. The number of likely N-dealkylation sites (N-methyl/N-ethyl adjacent to an activating group) is 1. The van der Waals surface area contributed by atoms with Crippen molar-refractivity contribution < 1.29 is 9.47 Å². The summed E-state index contributed by atoms with van der Waals surface area (Å²) in [7, 11) is 0. The highest BCUT2D eigenvalue weighted by molar-refractivity contribution is 5.13. The van der Waals surface area contributed by atoms with E-state index in [4.69, 9.17) is 9.47 Å². The molecule has 3 heteroatoms. The van der Waals surface area contributed by atoms with Crippen molar-refractivity contribution in [3.05, 3.63) is 35.9 Å². The summed E-state index contributed by atoms with van der Waals surface area (Å²) in [6.45, 7) is 6.30. The van der Waals surface area contributed by atoms with Crippen molar-refractivity contribution in [1.29, 1.82) is 0 Å². The summed E-state index contributed by atoms with van der Waals surface area (Å²) >= 11 is 0. The fourth-order valence-corrected chi connectivity index (χ4v) is 1.90. The zero-order chi connectivity index (χ0) is 11.2. The first kappa shape index (κ1) is 11.6. The first-order valence-corrected chi connectivity index (χ1v) is 5.87. The predicted molar refractivity (Wildman–Crippen MR) is 63.1 cm³/mol. The number of hydrogen-bond acceptors (Lipinski definition) is 3. The second-order valence-electron chi connectivity index (χ2n) is 3.95. The monoisotopic (exact) mass is 221 g/mol. The summed E-state index contributed by atoms with van der Waals surface area (Å²) in [5, 5.41) is 0. The lowest BCUT2D eigenvalue weighted by Gasteiger charge is -2.34. The van der Waals surface area contributed by atoms with Gasteiger partial charge < -0.3 is 9.47 Å². The summed E-state index contributed by atoms with van der Waals surface area (Å²) in [5.74, 6) is 0. The lowest BCUT2D eigenvalue weighted by Crippen LogP contribution is -2.46. The van der Waals surface area contributed by atoms with Crippen LogP contribution in [0, 0.1) is 0 Å². The number of benzene rings is 1. The maximum Gasteiger partial charge on any atom is 0.134 e. The van der Waals surface area contributed by atoms with Gasteiger partial charge in [-0.1, -0.05) is 37.3 Å². The zero-order valence-corrected chi connectivity index (χ0v) is 9.76. The maximum absolute atomic E-state index is 5.87. The number of hydrogen-bond donors (Lipinski definition) is 0. The minimum Gasteiger partial charge on any atom is -0.376 e. The molecule has 1 atom stereocenters. The van der Waals surface area contributed by atoms with Crippen LogP contribution in [0.2, 0.25) is 0 Å². The zero-order valence-electron chi connectivity index (χ0n) is 9.76. The van der Waals surface area contributed by atoms with E-state index >= 15 is 0 Å². The first-order valence-electron chi connectivity index (χ1n) is 5.87. The van der Waals surface area contributed by atoms with E-state index in [2.05, 4.69) is 24.0 Å². The van der Waals surface area contributed by atoms with Gasteiger partial charge in [0.15, 0.2) is 0 Å². The molecule has 1 aromatic carbocycles. The second kappa shape index (κ2) is 5.99. The molecule has 0 spiro atoms. The molecule has 1 fully saturated rings. The molecule has 3 nitrogen and oxygen atoms in total. The molecular formula is C13H19NO2. The summed E-state index contributed by atoms with van der Waals surface area (Å²) in [5.41, 5.74) is 1.21. The van der Waals surface area contributed by atoms with Crippen LogP contribution >= 0.6 is 0 Å². The second-order valence-corrected chi connectivity index (χ2v) is 3.95. The Morgan fingerprint density at radius 2 is 2.19 bits per heavy atom. The van der Waals surface area contributed by atoms with Crippen molar-refractivity contribution in [2.24, 2.45) is 0 Å². The molecule has 16 heavy (non-hydrogen) atoms. The van der Waals surface area contributed by atoms with Gasteiger partial charge >= 0.3 is 0 Å². The quantitative estimate of drug-likeness (QED) is 0.775. The normalized spacial score (nSPS) is 22.2. The Kier molecular flexibility index (Phi) is 4.34. The molecule has 1 saturated heterocycles. The van der Waals surface area contributed by atoms with Crippen LogP contribution in [0.3, 0.4) is 0 Å². The van der Waals surface area contributed by atoms with Gasteiger partial charge in [-0.25, -0.2) is 0 Å². The van der Waals surface area contributed by atoms with Gasteiger partial charge in [-0.2, -0.15) is 0 Å². The minimum atomic E-state index is 0.110. The van der Waals surface area contributed by atoms with Crippen molar-refractivity contribution in [2.75, 3.05) is 26.3 Å². The molecule has 0 aliphatic carbocycles. The molecule has 0 bridgehead atoms. The van der Waals surface area contributed by atoms with Crippen LogP contribution in [0.5, 0.6) is 0 Å². The van der Waals surface area contributed by atoms with Crippen LogP contribution in [0.15, 0.2) is 30.3 Å². The Labute approximate surface area is 97.0 Å².